The van der Waals surface area contributed by atoms with Crippen molar-refractivity contribution in [3.63, 3.8) is 0 Å². The number of anilines is 3. The van der Waals surface area contributed by atoms with Crippen LogP contribution in [-0.4, -0.2) is 9.97 Å². The highest BCUT2D eigenvalue weighted by Gasteiger charge is 2.05. The van der Waals surface area contributed by atoms with Gasteiger partial charge in [0.2, 0.25) is 0 Å². The molecule has 0 fully saturated rings. The molecule has 0 aliphatic carbocycles. The van der Waals surface area contributed by atoms with Crippen molar-refractivity contribution in [2.75, 3.05) is 11.1 Å². The Balaban J connectivity index is 2.22. The lowest BCUT2D eigenvalue weighted by atomic mass is 10.1. The molecule has 1 aromatic carbocycles. The molecule has 0 bridgehead atoms. The van der Waals surface area contributed by atoms with Gasteiger partial charge in [0.05, 0.1) is 0 Å². The summed E-state index contributed by atoms with van der Waals surface area (Å²) in [7, 11) is 0. The van der Waals surface area contributed by atoms with Crippen molar-refractivity contribution in [3.8, 4) is 0 Å². The van der Waals surface area contributed by atoms with Crippen LogP contribution in [0.15, 0.2) is 35.1 Å². The van der Waals surface area contributed by atoms with Gasteiger partial charge in [0, 0.05) is 5.69 Å². The molecule has 0 aliphatic rings. The van der Waals surface area contributed by atoms with Crippen LogP contribution in [0.4, 0.5) is 17.3 Å². The highest BCUT2D eigenvalue weighted by atomic mass is 79.9. The number of nitrogens with two attached hydrogens (primary N) is 1. The monoisotopic (exact) mass is 292 g/mol. The summed E-state index contributed by atoms with van der Waals surface area (Å²) in [5.41, 5.74) is 7.96. The summed E-state index contributed by atoms with van der Waals surface area (Å²) in [5.74, 6) is 1.09. The van der Waals surface area contributed by atoms with Crippen LogP contribution in [0.3, 0.4) is 0 Å². The summed E-state index contributed by atoms with van der Waals surface area (Å²) in [6.07, 6.45) is 2.47. The molecular weight excluding hydrogens is 280 g/mol. The summed E-state index contributed by atoms with van der Waals surface area (Å²) < 4.78 is 0.680. The largest absolute Gasteiger partial charge is 0.383 e. The molecule has 1 aromatic heterocycles. The van der Waals surface area contributed by atoms with Crippen molar-refractivity contribution in [3.05, 3.63) is 40.6 Å². The van der Waals surface area contributed by atoms with Gasteiger partial charge in [-0.25, -0.2) is 9.97 Å². The Kier molecular flexibility index (Phi) is 3.58. The van der Waals surface area contributed by atoms with Crippen molar-refractivity contribution in [2.45, 2.75) is 13.3 Å². The van der Waals surface area contributed by atoms with Crippen LogP contribution in [-0.2, 0) is 6.42 Å². The highest BCUT2D eigenvalue weighted by molar-refractivity contribution is 9.10. The van der Waals surface area contributed by atoms with Gasteiger partial charge in [-0.1, -0.05) is 19.1 Å². The number of aryl methyl sites for hydroxylation is 1. The number of aromatic nitrogens is 2. The molecule has 2 rings (SSSR count). The average Bonchev–Trinajstić information content (AvgIpc) is 2.36. The molecule has 2 aromatic rings. The average molecular weight is 293 g/mol. The lowest BCUT2D eigenvalue weighted by Crippen LogP contribution is -1.99. The number of hydrogen-bond donors (Lipinski definition) is 2. The first-order valence-electron chi connectivity index (χ1n) is 5.32. The van der Waals surface area contributed by atoms with Crippen LogP contribution in [0.1, 0.15) is 12.5 Å². The van der Waals surface area contributed by atoms with E-state index >= 15 is 0 Å². The smallest absolute Gasteiger partial charge is 0.150 e. The topological polar surface area (TPSA) is 63.8 Å². The zero-order valence-electron chi connectivity index (χ0n) is 9.44. The van der Waals surface area contributed by atoms with Gasteiger partial charge in [0.25, 0.3) is 0 Å². The van der Waals surface area contributed by atoms with Crippen molar-refractivity contribution < 1.29 is 0 Å². The van der Waals surface area contributed by atoms with Gasteiger partial charge in [-0.15, -0.1) is 0 Å². The first kappa shape index (κ1) is 11.9. The van der Waals surface area contributed by atoms with E-state index in [0.29, 0.717) is 16.1 Å². The minimum absolute atomic E-state index is 0.424. The first-order valence-corrected chi connectivity index (χ1v) is 6.12. The summed E-state index contributed by atoms with van der Waals surface area (Å²) in [6, 6.07) is 8.20. The Morgan fingerprint density at radius 3 is 2.59 bits per heavy atom. The second-order valence-electron chi connectivity index (χ2n) is 3.60. The van der Waals surface area contributed by atoms with Crippen molar-refractivity contribution in [2.24, 2.45) is 0 Å². The van der Waals surface area contributed by atoms with Gasteiger partial charge in [0.1, 0.15) is 22.4 Å². The summed E-state index contributed by atoms with van der Waals surface area (Å²) >= 11 is 3.35. The second-order valence-corrected chi connectivity index (χ2v) is 4.39. The van der Waals surface area contributed by atoms with E-state index in [1.54, 1.807) is 0 Å². The highest BCUT2D eigenvalue weighted by Crippen LogP contribution is 2.26. The Hall–Kier alpha value is -1.62. The molecule has 88 valence electrons. The Bertz CT molecular complexity index is 510. The Labute approximate surface area is 108 Å². The zero-order valence-corrected chi connectivity index (χ0v) is 11.0. The number of nitrogen functional groups attached to an aromatic ring is 1. The van der Waals surface area contributed by atoms with E-state index in [9.17, 15) is 0 Å². The fourth-order valence-electron chi connectivity index (χ4n) is 1.43. The molecule has 5 heteroatoms. The van der Waals surface area contributed by atoms with Crippen LogP contribution in [0.2, 0.25) is 0 Å². The molecule has 0 radical (unpaired) electrons. The van der Waals surface area contributed by atoms with E-state index in [1.807, 2.05) is 12.1 Å². The van der Waals surface area contributed by atoms with Crippen LogP contribution >= 0.6 is 15.9 Å². The Morgan fingerprint density at radius 1 is 1.24 bits per heavy atom. The number of hydrogen-bond acceptors (Lipinski definition) is 4. The number of nitrogens with zero attached hydrogens (tertiary/aromatic N) is 2. The molecule has 0 aliphatic heterocycles. The molecule has 0 saturated carbocycles. The molecule has 17 heavy (non-hydrogen) atoms. The van der Waals surface area contributed by atoms with E-state index in [-0.39, 0.29) is 0 Å². The van der Waals surface area contributed by atoms with E-state index in [1.165, 1.54) is 11.9 Å². The van der Waals surface area contributed by atoms with Crippen LogP contribution in [0.25, 0.3) is 0 Å². The number of benzene rings is 1. The van der Waals surface area contributed by atoms with Crippen molar-refractivity contribution in [1.29, 1.82) is 0 Å². The standard InChI is InChI=1S/C12H13BrN4/c1-2-8-3-5-9(6-4-8)17-12-10(13)11(14)15-7-16-12/h3-7H,2H2,1H3,(H3,14,15,16,17). The van der Waals surface area contributed by atoms with E-state index in [4.69, 9.17) is 5.73 Å². The van der Waals surface area contributed by atoms with Gasteiger partial charge in [-0.2, -0.15) is 0 Å². The number of halogens is 1. The summed E-state index contributed by atoms with van der Waals surface area (Å²) in [6.45, 7) is 2.13. The maximum Gasteiger partial charge on any atom is 0.150 e. The Morgan fingerprint density at radius 2 is 1.94 bits per heavy atom. The third-order valence-corrected chi connectivity index (χ3v) is 3.22. The lowest BCUT2D eigenvalue weighted by molar-refractivity contribution is 1.14. The van der Waals surface area contributed by atoms with E-state index in [2.05, 4.69) is 50.3 Å². The maximum atomic E-state index is 5.68. The van der Waals surface area contributed by atoms with E-state index < -0.39 is 0 Å². The molecule has 0 saturated heterocycles. The molecule has 0 spiro atoms. The minimum Gasteiger partial charge on any atom is -0.383 e. The number of rotatable bonds is 3. The van der Waals surface area contributed by atoms with Gasteiger partial charge in [0.15, 0.2) is 0 Å². The molecule has 0 amide bonds. The molecule has 4 nitrogen and oxygen atoms in total. The minimum atomic E-state index is 0.424. The molecule has 0 unspecified atom stereocenters. The third-order valence-electron chi connectivity index (χ3n) is 2.44. The SMILES string of the molecule is CCc1ccc(Nc2ncnc(N)c2Br)cc1. The first-order chi connectivity index (χ1) is 8.20. The fraction of sp³-hybridized carbons (Fsp3) is 0.167. The fourth-order valence-corrected chi connectivity index (χ4v) is 1.73. The quantitative estimate of drug-likeness (QED) is 0.912. The maximum absolute atomic E-state index is 5.68. The van der Waals surface area contributed by atoms with Crippen LogP contribution < -0.4 is 11.1 Å². The lowest BCUT2D eigenvalue weighted by Gasteiger charge is -2.08. The molecule has 1 heterocycles. The normalized spacial score (nSPS) is 10.2. The predicted octanol–water partition coefficient (Wildman–Crippen LogP) is 3.13. The van der Waals surface area contributed by atoms with Crippen LogP contribution in [0.5, 0.6) is 0 Å². The van der Waals surface area contributed by atoms with Crippen molar-refractivity contribution >= 4 is 33.3 Å². The van der Waals surface area contributed by atoms with Gasteiger partial charge >= 0.3 is 0 Å². The van der Waals surface area contributed by atoms with Crippen molar-refractivity contribution in [1.82, 2.24) is 9.97 Å². The number of nitrogens with one attached hydrogen (secondary N) is 1. The summed E-state index contributed by atoms with van der Waals surface area (Å²) in [5, 5.41) is 3.19. The second kappa shape index (κ2) is 5.14. The zero-order chi connectivity index (χ0) is 12.3. The van der Waals surface area contributed by atoms with Crippen LogP contribution in [0, 0.1) is 0 Å². The summed E-state index contributed by atoms with van der Waals surface area (Å²) in [4.78, 5) is 8.02. The predicted molar refractivity (Wildman–Crippen MR) is 73.2 cm³/mol. The van der Waals surface area contributed by atoms with Gasteiger partial charge < -0.3 is 11.1 Å². The molecular formula is C12H13BrN4. The van der Waals surface area contributed by atoms with Gasteiger partial charge in [-0.05, 0) is 40.0 Å². The molecule has 3 N–H and O–H groups in total. The molecule has 0 atom stereocenters. The van der Waals surface area contributed by atoms with Gasteiger partial charge in [-0.3, -0.25) is 0 Å². The van der Waals surface area contributed by atoms with E-state index in [0.717, 1.165) is 12.1 Å². The third kappa shape index (κ3) is 2.74.